The minimum Gasteiger partial charge on any atom is -0.363 e. The number of carbonyl (C=O) groups is 1. The molecule has 24 heavy (non-hydrogen) atoms. The third-order valence-corrected chi connectivity index (χ3v) is 4.77. The highest BCUT2D eigenvalue weighted by Gasteiger charge is 2.22. The number of rotatable bonds is 6. The second-order valence-electron chi connectivity index (χ2n) is 6.54. The van der Waals surface area contributed by atoms with Crippen molar-refractivity contribution in [2.24, 2.45) is 5.73 Å². The van der Waals surface area contributed by atoms with E-state index in [9.17, 15) is 4.79 Å². The minimum absolute atomic E-state index is 0.103. The van der Waals surface area contributed by atoms with Crippen LogP contribution in [0.25, 0.3) is 0 Å². The normalized spacial score (nSPS) is 18.6. The molecule has 1 atom stereocenters. The fourth-order valence-electron chi connectivity index (χ4n) is 3.40. The molecule has 0 radical (unpaired) electrons. The number of primary amides is 1. The van der Waals surface area contributed by atoms with Gasteiger partial charge in [0.1, 0.15) is 6.33 Å². The lowest BCUT2D eigenvalue weighted by Crippen LogP contribution is -2.37. The van der Waals surface area contributed by atoms with Gasteiger partial charge in [0.15, 0.2) is 0 Å². The maximum absolute atomic E-state index is 11.1. The second-order valence-corrected chi connectivity index (χ2v) is 6.54. The van der Waals surface area contributed by atoms with Crippen LogP contribution in [0.15, 0.2) is 30.6 Å². The van der Waals surface area contributed by atoms with Gasteiger partial charge >= 0.3 is 0 Å². The first-order valence-corrected chi connectivity index (χ1v) is 8.61. The molecule has 2 N–H and O–H groups in total. The number of nitrogens with two attached hydrogens (primary N) is 1. The lowest BCUT2D eigenvalue weighted by molar-refractivity contribution is 0.0989. The highest BCUT2D eigenvalue weighted by atomic mass is 16.1. The number of amides is 1. The van der Waals surface area contributed by atoms with Crippen LogP contribution < -0.4 is 5.73 Å². The molecule has 2 heterocycles. The number of piperidine rings is 1. The average molecular weight is 327 g/mol. The Hall–Kier alpha value is -2.21. The van der Waals surface area contributed by atoms with Gasteiger partial charge in [-0.05, 0) is 56.8 Å². The fourth-order valence-corrected chi connectivity index (χ4v) is 3.40. The zero-order valence-electron chi connectivity index (χ0n) is 14.2. The van der Waals surface area contributed by atoms with Crippen molar-refractivity contribution in [1.82, 2.24) is 19.7 Å². The van der Waals surface area contributed by atoms with Crippen molar-refractivity contribution in [3.8, 4) is 0 Å². The zero-order chi connectivity index (χ0) is 16.9. The van der Waals surface area contributed by atoms with Crippen molar-refractivity contribution >= 4 is 5.91 Å². The second kappa shape index (κ2) is 7.57. The Morgan fingerprint density at radius 1 is 1.38 bits per heavy atom. The number of benzene rings is 1. The van der Waals surface area contributed by atoms with Crippen LogP contribution in [0, 0.1) is 6.92 Å². The number of hydrogen-bond donors (Lipinski definition) is 1. The van der Waals surface area contributed by atoms with Gasteiger partial charge in [0, 0.05) is 6.54 Å². The molecule has 2 aromatic rings. The van der Waals surface area contributed by atoms with Crippen LogP contribution >= 0.6 is 0 Å². The SMILES string of the molecule is Cc1ccccc1CCCN1CCC[C@@H](n2cnc(C(N)=O)n2)C1. The van der Waals surface area contributed by atoms with Crippen LogP contribution in [0.2, 0.25) is 0 Å². The van der Waals surface area contributed by atoms with E-state index in [-0.39, 0.29) is 11.9 Å². The third-order valence-electron chi connectivity index (χ3n) is 4.77. The van der Waals surface area contributed by atoms with E-state index in [1.165, 1.54) is 11.1 Å². The fraction of sp³-hybridized carbons (Fsp3) is 0.500. The van der Waals surface area contributed by atoms with Crippen molar-refractivity contribution in [3.63, 3.8) is 0 Å². The monoisotopic (exact) mass is 327 g/mol. The Balaban J connectivity index is 1.52. The van der Waals surface area contributed by atoms with Crippen LogP contribution in [-0.4, -0.2) is 45.2 Å². The van der Waals surface area contributed by atoms with Crippen LogP contribution in [0.3, 0.4) is 0 Å². The predicted octanol–water partition coefficient (Wildman–Crippen LogP) is 1.96. The molecule has 1 amide bonds. The van der Waals surface area contributed by atoms with Gasteiger partial charge in [0.2, 0.25) is 5.82 Å². The maximum atomic E-state index is 11.1. The first kappa shape index (κ1) is 16.6. The molecule has 0 spiro atoms. The van der Waals surface area contributed by atoms with E-state index in [2.05, 4.69) is 46.2 Å². The summed E-state index contributed by atoms with van der Waals surface area (Å²) in [4.78, 5) is 17.6. The summed E-state index contributed by atoms with van der Waals surface area (Å²) in [6, 6.07) is 8.87. The highest BCUT2D eigenvalue weighted by molar-refractivity contribution is 5.88. The van der Waals surface area contributed by atoms with Gasteiger partial charge < -0.3 is 10.6 Å². The van der Waals surface area contributed by atoms with Crippen molar-refractivity contribution in [2.75, 3.05) is 19.6 Å². The molecular formula is C18H25N5O. The maximum Gasteiger partial charge on any atom is 0.288 e. The summed E-state index contributed by atoms with van der Waals surface area (Å²) in [7, 11) is 0. The molecule has 128 valence electrons. The van der Waals surface area contributed by atoms with E-state index in [0.717, 1.165) is 45.3 Å². The Morgan fingerprint density at radius 3 is 2.96 bits per heavy atom. The van der Waals surface area contributed by atoms with E-state index in [1.807, 2.05) is 0 Å². The summed E-state index contributed by atoms with van der Waals surface area (Å²) >= 11 is 0. The summed E-state index contributed by atoms with van der Waals surface area (Å²) in [5, 5.41) is 4.21. The highest BCUT2D eigenvalue weighted by Crippen LogP contribution is 2.21. The molecule has 6 nitrogen and oxygen atoms in total. The molecule has 1 aliphatic heterocycles. The molecule has 1 aromatic carbocycles. The van der Waals surface area contributed by atoms with Crippen molar-refractivity contribution in [1.29, 1.82) is 0 Å². The van der Waals surface area contributed by atoms with E-state index in [4.69, 9.17) is 5.73 Å². The molecular weight excluding hydrogens is 302 g/mol. The van der Waals surface area contributed by atoms with Crippen molar-refractivity contribution < 1.29 is 4.79 Å². The van der Waals surface area contributed by atoms with Crippen molar-refractivity contribution in [3.05, 3.63) is 47.5 Å². The van der Waals surface area contributed by atoms with Gasteiger partial charge in [-0.2, -0.15) is 0 Å². The predicted molar refractivity (Wildman–Crippen MR) is 92.8 cm³/mol. The van der Waals surface area contributed by atoms with Gasteiger partial charge in [0.05, 0.1) is 6.04 Å². The summed E-state index contributed by atoms with van der Waals surface area (Å²) in [5.41, 5.74) is 8.04. The Kier molecular flexibility index (Phi) is 5.25. The Labute approximate surface area is 142 Å². The Bertz CT molecular complexity index is 696. The van der Waals surface area contributed by atoms with Crippen LogP contribution in [-0.2, 0) is 6.42 Å². The lowest BCUT2D eigenvalue weighted by atomic mass is 10.0. The van der Waals surface area contributed by atoms with Crippen molar-refractivity contribution in [2.45, 2.75) is 38.6 Å². The summed E-state index contributed by atoms with van der Waals surface area (Å²) in [5.74, 6) is -0.466. The van der Waals surface area contributed by atoms with E-state index >= 15 is 0 Å². The molecule has 1 aliphatic rings. The van der Waals surface area contributed by atoms with Gasteiger partial charge in [0.25, 0.3) is 5.91 Å². The molecule has 0 unspecified atom stereocenters. The molecule has 1 fully saturated rings. The number of carbonyl (C=O) groups excluding carboxylic acids is 1. The summed E-state index contributed by atoms with van der Waals surface area (Å²) in [6.45, 7) is 5.34. The van der Waals surface area contributed by atoms with Gasteiger partial charge in [-0.1, -0.05) is 24.3 Å². The van der Waals surface area contributed by atoms with E-state index < -0.39 is 5.91 Å². The largest absolute Gasteiger partial charge is 0.363 e. The standard InChI is InChI=1S/C18H25N5O/c1-14-6-2-3-7-15(14)8-4-10-22-11-5-9-16(12-22)23-13-20-18(21-23)17(19)24/h2-3,6-7,13,16H,4-5,8-12H2,1H3,(H2,19,24)/t16-/m1/s1. The number of hydrogen-bond acceptors (Lipinski definition) is 4. The minimum atomic E-state index is -0.570. The van der Waals surface area contributed by atoms with E-state index in [0.29, 0.717) is 0 Å². The summed E-state index contributed by atoms with van der Waals surface area (Å²) < 4.78 is 1.80. The van der Waals surface area contributed by atoms with Crippen LogP contribution in [0.5, 0.6) is 0 Å². The molecule has 1 saturated heterocycles. The lowest BCUT2D eigenvalue weighted by Gasteiger charge is -2.32. The molecule has 3 rings (SSSR count). The van der Waals surface area contributed by atoms with E-state index in [1.54, 1.807) is 11.0 Å². The third kappa shape index (κ3) is 4.00. The van der Waals surface area contributed by atoms with Gasteiger partial charge in [-0.3, -0.25) is 4.79 Å². The topological polar surface area (TPSA) is 77.0 Å². The average Bonchev–Trinajstić information content (AvgIpc) is 3.07. The molecule has 0 aliphatic carbocycles. The van der Waals surface area contributed by atoms with Crippen LogP contribution in [0.4, 0.5) is 0 Å². The smallest absolute Gasteiger partial charge is 0.288 e. The first-order chi connectivity index (χ1) is 11.6. The number of nitrogens with zero attached hydrogens (tertiary/aromatic N) is 4. The molecule has 1 aromatic heterocycles. The van der Waals surface area contributed by atoms with Gasteiger partial charge in [-0.15, -0.1) is 5.10 Å². The molecule has 0 saturated carbocycles. The quantitative estimate of drug-likeness (QED) is 0.880. The number of aromatic nitrogens is 3. The first-order valence-electron chi connectivity index (χ1n) is 8.61. The van der Waals surface area contributed by atoms with Gasteiger partial charge in [-0.25, -0.2) is 9.67 Å². The van der Waals surface area contributed by atoms with Crippen LogP contribution in [0.1, 0.15) is 47.1 Å². The zero-order valence-corrected chi connectivity index (χ0v) is 14.2. The Morgan fingerprint density at radius 2 is 2.21 bits per heavy atom. The number of aryl methyl sites for hydroxylation is 2. The number of likely N-dealkylation sites (tertiary alicyclic amines) is 1. The molecule has 6 heteroatoms. The summed E-state index contributed by atoms with van der Waals surface area (Å²) in [6.07, 6.45) is 6.10. The molecule has 0 bridgehead atoms.